The van der Waals surface area contributed by atoms with Gasteiger partial charge in [0.1, 0.15) is 0 Å². The monoisotopic (exact) mass is 250 g/mol. The highest BCUT2D eigenvalue weighted by atomic mass is 35.5. The lowest BCUT2D eigenvalue weighted by Crippen LogP contribution is -1.87. The van der Waals surface area contributed by atoms with Crippen LogP contribution in [0.3, 0.4) is 0 Å². The number of hydrogen-bond acceptors (Lipinski definition) is 0. The second-order valence-corrected chi connectivity index (χ2v) is 4.80. The first-order valence-electron chi connectivity index (χ1n) is 5.10. The van der Waals surface area contributed by atoms with Crippen molar-refractivity contribution in [1.82, 2.24) is 0 Å². The van der Waals surface area contributed by atoms with Gasteiger partial charge < -0.3 is 0 Å². The molecule has 82 valence electrons. The van der Waals surface area contributed by atoms with Crippen LogP contribution in [0.25, 0.3) is 11.1 Å². The molecule has 0 atom stereocenters. The lowest BCUT2D eigenvalue weighted by molar-refractivity contribution is 1.38. The molecule has 0 nitrogen and oxygen atoms in total. The first kappa shape index (κ1) is 11.5. The van der Waals surface area contributed by atoms with Gasteiger partial charge in [0.15, 0.2) is 0 Å². The van der Waals surface area contributed by atoms with E-state index < -0.39 is 0 Å². The van der Waals surface area contributed by atoms with E-state index in [0.717, 1.165) is 5.56 Å². The Labute approximate surface area is 106 Å². The standard InChI is InChI=1S/C14H12Cl2/c1-9-4-3-5-10(2)14(9)11-6-12(15)8-13(16)7-11/h3-8H,1-2H3. The molecule has 0 fully saturated rings. The minimum absolute atomic E-state index is 0.671. The maximum atomic E-state index is 6.02. The summed E-state index contributed by atoms with van der Waals surface area (Å²) in [6.45, 7) is 4.19. The van der Waals surface area contributed by atoms with Gasteiger partial charge in [-0.25, -0.2) is 0 Å². The van der Waals surface area contributed by atoms with Crippen molar-refractivity contribution in [2.75, 3.05) is 0 Å². The first-order chi connectivity index (χ1) is 7.58. The molecular weight excluding hydrogens is 239 g/mol. The van der Waals surface area contributed by atoms with Crippen LogP contribution in [0.5, 0.6) is 0 Å². The normalized spacial score (nSPS) is 10.5. The quantitative estimate of drug-likeness (QED) is 0.647. The predicted octanol–water partition coefficient (Wildman–Crippen LogP) is 5.28. The molecular formula is C14H12Cl2. The minimum Gasteiger partial charge on any atom is -0.0843 e. The number of benzene rings is 2. The van der Waals surface area contributed by atoms with Crippen molar-refractivity contribution in [3.63, 3.8) is 0 Å². The van der Waals surface area contributed by atoms with E-state index in [-0.39, 0.29) is 0 Å². The van der Waals surface area contributed by atoms with Crippen LogP contribution < -0.4 is 0 Å². The van der Waals surface area contributed by atoms with E-state index in [4.69, 9.17) is 23.2 Å². The van der Waals surface area contributed by atoms with E-state index in [0.29, 0.717) is 10.0 Å². The van der Waals surface area contributed by atoms with Crippen molar-refractivity contribution in [2.24, 2.45) is 0 Å². The Kier molecular flexibility index (Phi) is 3.22. The molecule has 0 saturated heterocycles. The Morgan fingerprint density at radius 1 is 0.812 bits per heavy atom. The largest absolute Gasteiger partial charge is 0.0843 e. The molecule has 0 aromatic heterocycles. The summed E-state index contributed by atoms with van der Waals surface area (Å²) in [6.07, 6.45) is 0. The molecule has 0 N–H and O–H groups in total. The van der Waals surface area contributed by atoms with Crippen LogP contribution in [0.2, 0.25) is 10.0 Å². The van der Waals surface area contributed by atoms with Crippen LogP contribution in [0.4, 0.5) is 0 Å². The van der Waals surface area contributed by atoms with Crippen molar-refractivity contribution in [3.05, 3.63) is 57.6 Å². The summed E-state index contributed by atoms with van der Waals surface area (Å²) >= 11 is 12.0. The van der Waals surface area contributed by atoms with Gasteiger partial charge in [-0.2, -0.15) is 0 Å². The van der Waals surface area contributed by atoms with Gasteiger partial charge in [0.2, 0.25) is 0 Å². The van der Waals surface area contributed by atoms with Crippen molar-refractivity contribution >= 4 is 23.2 Å². The molecule has 0 amide bonds. The molecule has 0 aliphatic carbocycles. The van der Waals surface area contributed by atoms with Crippen molar-refractivity contribution in [1.29, 1.82) is 0 Å². The topological polar surface area (TPSA) is 0 Å². The Morgan fingerprint density at radius 2 is 1.31 bits per heavy atom. The number of hydrogen-bond donors (Lipinski definition) is 0. The second kappa shape index (κ2) is 4.48. The smallest absolute Gasteiger partial charge is 0.0426 e. The summed E-state index contributed by atoms with van der Waals surface area (Å²) < 4.78 is 0. The van der Waals surface area contributed by atoms with Crippen LogP contribution >= 0.6 is 23.2 Å². The minimum atomic E-state index is 0.671. The Morgan fingerprint density at radius 3 is 1.81 bits per heavy atom. The van der Waals surface area contributed by atoms with Crippen LogP contribution in [0.15, 0.2) is 36.4 Å². The molecule has 0 saturated carbocycles. The third kappa shape index (κ3) is 2.23. The summed E-state index contributed by atoms with van der Waals surface area (Å²) in [5.41, 5.74) is 4.76. The Balaban J connectivity index is 2.67. The highest BCUT2D eigenvalue weighted by Crippen LogP contribution is 2.31. The molecule has 0 aliphatic rings. The Bertz CT molecular complexity index is 490. The van der Waals surface area contributed by atoms with Crippen molar-refractivity contribution in [2.45, 2.75) is 13.8 Å². The summed E-state index contributed by atoms with van der Waals surface area (Å²) in [7, 11) is 0. The SMILES string of the molecule is Cc1cccc(C)c1-c1cc(Cl)cc(Cl)c1. The van der Waals surface area contributed by atoms with Gasteiger partial charge in [-0.3, -0.25) is 0 Å². The predicted molar refractivity (Wildman–Crippen MR) is 71.4 cm³/mol. The highest BCUT2D eigenvalue weighted by Gasteiger charge is 2.06. The average molecular weight is 251 g/mol. The van der Waals surface area contributed by atoms with Gasteiger partial charge in [0.25, 0.3) is 0 Å². The summed E-state index contributed by atoms with van der Waals surface area (Å²) in [5.74, 6) is 0. The lowest BCUT2D eigenvalue weighted by Gasteiger charge is -2.10. The summed E-state index contributed by atoms with van der Waals surface area (Å²) in [5, 5.41) is 1.34. The van der Waals surface area contributed by atoms with Crippen LogP contribution in [-0.2, 0) is 0 Å². The van der Waals surface area contributed by atoms with E-state index in [9.17, 15) is 0 Å². The zero-order valence-electron chi connectivity index (χ0n) is 9.22. The molecule has 0 aliphatic heterocycles. The molecule has 2 rings (SSSR count). The maximum Gasteiger partial charge on any atom is 0.0426 e. The third-order valence-corrected chi connectivity index (χ3v) is 3.07. The molecule has 0 radical (unpaired) electrons. The third-order valence-electron chi connectivity index (χ3n) is 2.63. The van der Waals surface area contributed by atoms with E-state index in [2.05, 4.69) is 32.0 Å². The molecule has 2 aromatic rings. The fourth-order valence-corrected chi connectivity index (χ4v) is 2.49. The molecule has 2 aromatic carbocycles. The van der Waals surface area contributed by atoms with Gasteiger partial charge in [-0.05, 0) is 54.3 Å². The number of aryl methyl sites for hydroxylation is 2. The zero-order chi connectivity index (χ0) is 11.7. The van der Waals surface area contributed by atoms with Gasteiger partial charge in [0.05, 0.1) is 0 Å². The fourth-order valence-electron chi connectivity index (χ4n) is 1.97. The van der Waals surface area contributed by atoms with Gasteiger partial charge in [-0.15, -0.1) is 0 Å². The van der Waals surface area contributed by atoms with E-state index >= 15 is 0 Å². The Hall–Kier alpha value is -0.980. The summed E-state index contributed by atoms with van der Waals surface area (Å²) in [6, 6.07) is 11.9. The molecule has 0 unspecified atom stereocenters. The molecule has 2 heteroatoms. The molecule has 16 heavy (non-hydrogen) atoms. The summed E-state index contributed by atoms with van der Waals surface area (Å²) in [4.78, 5) is 0. The molecule has 0 spiro atoms. The second-order valence-electron chi connectivity index (χ2n) is 3.92. The maximum absolute atomic E-state index is 6.02. The van der Waals surface area contributed by atoms with E-state index in [1.807, 2.05) is 12.1 Å². The van der Waals surface area contributed by atoms with E-state index in [1.54, 1.807) is 6.07 Å². The molecule has 0 bridgehead atoms. The van der Waals surface area contributed by atoms with Gasteiger partial charge in [-0.1, -0.05) is 41.4 Å². The average Bonchev–Trinajstić information content (AvgIpc) is 2.15. The van der Waals surface area contributed by atoms with Crippen LogP contribution in [0.1, 0.15) is 11.1 Å². The zero-order valence-corrected chi connectivity index (χ0v) is 10.7. The van der Waals surface area contributed by atoms with Crippen molar-refractivity contribution < 1.29 is 0 Å². The fraction of sp³-hybridized carbons (Fsp3) is 0.143. The van der Waals surface area contributed by atoms with Gasteiger partial charge >= 0.3 is 0 Å². The van der Waals surface area contributed by atoms with Gasteiger partial charge in [0, 0.05) is 10.0 Å². The van der Waals surface area contributed by atoms with Crippen LogP contribution in [-0.4, -0.2) is 0 Å². The number of rotatable bonds is 1. The molecule has 0 heterocycles. The lowest BCUT2D eigenvalue weighted by atomic mass is 9.96. The van der Waals surface area contributed by atoms with E-state index in [1.165, 1.54) is 16.7 Å². The number of halogens is 2. The first-order valence-corrected chi connectivity index (χ1v) is 5.86. The highest BCUT2D eigenvalue weighted by molar-refractivity contribution is 6.35. The van der Waals surface area contributed by atoms with Crippen molar-refractivity contribution in [3.8, 4) is 11.1 Å². The van der Waals surface area contributed by atoms with Crippen LogP contribution in [0, 0.1) is 13.8 Å².